The van der Waals surface area contributed by atoms with Gasteiger partial charge >= 0.3 is 0 Å². The molecule has 1 fully saturated rings. The highest BCUT2D eigenvalue weighted by molar-refractivity contribution is 4.77. The van der Waals surface area contributed by atoms with Gasteiger partial charge in [-0.25, -0.2) is 4.90 Å². The fraction of sp³-hybridized carbons (Fsp3) is 1.00. The number of rotatable bonds is 9. The summed E-state index contributed by atoms with van der Waals surface area (Å²) in [6.07, 6.45) is 9.64. The van der Waals surface area contributed by atoms with E-state index in [2.05, 4.69) is 17.6 Å². The molecule has 0 aromatic rings. The molecule has 0 bridgehead atoms. The van der Waals surface area contributed by atoms with Gasteiger partial charge in [0, 0.05) is 6.54 Å². The first kappa shape index (κ1) is 16.8. The second kappa shape index (κ2) is 9.63. The van der Waals surface area contributed by atoms with Gasteiger partial charge in [-0.3, -0.25) is 10.6 Å². The molecule has 2 unspecified atom stereocenters. The Morgan fingerprint density at radius 3 is 1.79 bits per heavy atom. The molecule has 0 saturated carbocycles. The van der Waals surface area contributed by atoms with Crippen molar-refractivity contribution >= 4 is 0 Å². The standard InChI is InChI=1S/C13H32N6/c1-2-3-4-5-6-7-8-9-10-19-12(15)17-11(14)18-13(19)16/h11-13,17-18H,2-10,14-16H2,1H3. The predicted octanol–water partition coefficient (Wildman–Crippen LogP) is 0.349. The Balaban J connectivity index is 2.02. The molecule has 1 aliphatic rings. The number of nitrogens with two attached hydrogens (primary N) is 3. The molecule has 6 heteroatoms. The Labute approximate surface area is 117 Å². The maximum Gasteiger partial charge on any atom is 0.116 e. The van der Waals surface area contributed by atoms with E-state index in [1.165, 1.54) is 44.9 Å². The van der Waals surface area contributed by atoms with E-state index < -0.39 is 0 Å². The summed E-state index contributed by atoms with van der Waals surface area (Å²) in [5.41, 5.74) is 17.6. The molecule has 114 valence electrons. The zero-order valence-electron chi connectivity index (χ0n) is 12.3. The lowest BCUT2D eigenvalue weighted by Crippen LogP contribution is -2.76. The van der Waals surface area contributed by atoms with Crippen molar-refractivity contribution in [3.05, 3.63) is 0 Å². The first-order valence-electron chi connectivity index (χ1n) is 7.69. The minimum atomic E-state index is -0.320. The number of hydrogen-bond acceptors (Lipinski definition) is 6. The van der Waals surface area contributed by atoms with Gasteiger partial charge in [0.1, 0.15) is 18.9 Å². The monoisotopic (exact) mass is 272 g/mol. The van der Waals surface area contributed by atoms with Gasteiger partial charge in [-0.15, -0.1) is 0 Å². The summed E-state index contributed by atoms with van der Waals surface area (Å²) < 4.78 is 0. The van der Waals surface area contributed by atoms with Gasteiger partial charge in [0.05, 0.1) is 0 Å². The van der Waals surface area contributed by atoms with Crippen molar-refractivity contribution in [2.75, 3.05) is 6.54 Å². The molecule has 0 amide bonds. The molecule has 1 rings (SSSR count). The fourth-order valence-electron chi connectivity index (χ4n) is 2.49. The van der Waals surface area contributed by atoms with Crippen LogP contribution in [0.1, 0.15) is 58.3 Å². The van der Waals surface area contributed by atoms with Crippen LogP contribution in [0, 0.1) is 0 Å². The van der Waals surface area contributed by atoms with E-state index in [9.17, 15) is 0 Å². The molecule has 0 radical (unpaired) electrons. The molecule has 6 nitrogen and oxygen atoms in total. The van der Waals surface area contributed by atoms with Crippen LogP contribution >= 0.6 is 0 Å². The molecule has 0 aromatic carbocycles. The molecule has 1 aliphatic heterocycles. The van der Waals surface area contributed by atoms with Crippen LogP contribution in [-0.4, -0.2) is 30.3 Å². The zero-order chi connectivity index (χ0) is 14.1. The van der Waals surface area contributed by atoms with Crippen molar-refractivity contribution in [3.8, 4) is 0 Å². The molecule has 1 heterocycles. The Bertz CT molecular complexity index is 213. The van der Waals surface area contributed by atoms with E-state index >= 15 is 0 Å². The summed E-state index contributed by atoms with van der Waals surface area (Å²) in [4.78, 5) is 2.01. The first-order valence-corrected chi connectivity index (χ1v) is 7.69. The van der Waals surface area contributed by atoms with E-state index in [1.54, 1.807) is 0 Å². The quantitative estimate of drug-likeness (QED) is 0.388. The molecule has 8 N–H and O–H groups in total. The molecule has 1 saturated heterocycles. The average molecular weight is 272 g/mol. The molecule has 0 spiro atoms. The predicted molar refractivity (Wildman–Crippen MR) is 79.5 cm³/mol. The van der Waals surface area contributed by atoms with Gasteiger partial charge < -0.3 is 17.2 Å². The minimum absolute atomic E-state index is 0.254. The summed E-state index contributed by atoms with van der Waals surface area (Å²) in [5, 5.41) is 6.05. The lowest BCUT2D eigenvalue weighted by atomic mass is 10.1. The normalized spacial score (nSPS) is 28.7. The van der Waals surface area contributed by atoms with E-state index in [0.29, 0.717) is 0 Å². The topological polar surface area (TPSA) is 105 Å². The third-order valence-corrected chi connectivity index (χ3v) is 3.69. The van der Waals surface area contributed by atoms with Crippen LogP contribution in [0.3, 0.4) is 0 Å². The second-order valence-electron chi connectivity index (χ2n) is 5.41. The van der Waals surface area contributed by atoms with Gasteiger partial charge in [0.2, 0.25) is 0 Å². The Morgan fingerprint density at radius 1 is 0.789 bits per heavy atom. The van der Waals surface area contributed by atoms with Crippen molar-refractivity contribution in [1.29, 1.82) is 0 Å². The third kappa shape index (κ3) is 6.65. The van der Waals surface area contributed by atoms with Crippen LogP contribution in [0.2, 0.25) is 0 Å². The van der Waals surface area contributed by atoms with E-state index in [0.717, 1.165) is 13.0 Å². The van der Waals surface area contributed by atoms with Crippen molar-refractivity contribution in [1.82, 2.24) is 15.5 Å². The fourth-order valence-corrected chi connectivity index (χ4v) is 2.49. The van der Waals surface area contributed by atoms with E-state index in [4.69, 9.17) is 17.2 Å². The van der Waals surface area contributed by atoms with Gasteiger partial charge in [-0.05, 0) is 6.42 Å². The largest absolute Gasteiger partial charge is 0.303 e. The number of nitrogens with zero attached hydrogens (tertiary/aromatic N) is 1. The zero-order valence-corrected chi connectivity index (χ0v) is 12.3. The van der Waals surface area contributed by atoms with Gasteiger partial charge in [-0.1, -0.05) is 51.9 Å². The van der Waals surface area contributed by atoms with Crippen LogP contribution in [0.25, 0.3) is 0 Å². The summed E-state index contributed by atoms with van der Waals surface area (Å²) in [5.74, 6) is 0. The lowest BCUT2D eigenvalue weighted by Gasteiger charge is -2.42. The van der Waals surface area contributed by atoms with Crippen LogP contribution in [0.15, 0.2) is 0 Å². The van der Waals surface area contributed by atoms with Crippen LogP contribution in [0.4, 0.5) is 0 Å². The van der Waals surface area contributed by atoms with Gasteiger partial charge in [-0.2, -0.15) is 0 Å². The van der Waals surface area contributed by atoms with Crippen LogP contribution in [0.5, 0.6) is 0 Å². The number of nitrogens with one attached hydrogen (secondary N) is 2. The Hall–Kier alpha value is -0.240. The van der Waals surface area contributed by atoms with Crippen molar-refractivity contribution in [2.45, 2.75) is 77.2 Å². The maximum absolute atomic E-state index is 5.97. The van der Waals surface area contributed by atoms with Crippen LogP contribution in [-0.2, 0) is 0 Å². The van der Waals surface area contributed by atoms with Crippen molar-refractivity contribution in [2.24, 2.45) is 17.2 Å². The molecular formula is C13H32N6. The molecule has 0 aromatic heterocycles. The van der Waals surface area contributed by atoms with Crippen molar-refractivity contribution in [3.63, 3.8) is 0 Å². The third-order valence-electron chi connectivity index (χ3n) is 3.69. The molecule has 0 aliphatic carbocycles. The molecule has 19 heavy (non-hydrogen) atoms. The van der Waals surface area contributed by atoms with Crippen LogP contribution < -0.4 is 27.8 Å². The lowest BCUT2D eigenvalue weighted by molar-refractivity contribution is 0.0266. The highest BCUT2D eigenvalue weighted by Gasteiger charge is 2.27. The summed E-state index contributed by atoms with van der Waals surface area (Å²) in [6, 6.07) is 0. The molecular weight excluding hydrogens is 240 g/mol. The number of hydrogen-bond donors (Lipinski definition) is 5. The Kier molecular flexibility index (Phi) is 8.52. The highest BCUT2D eigenvalue weighted by atomic mass is 15.5. The summed E-state index contributed by atoms with van der Waals surface area (Å²) in [6.45, 7) is 3.16. The summed E-state index contributed by atoms with van der Waals surface area (Å²) >= 11 is 0. The molecule has 2 atom stereocenters. The number of unbranched alkanes of at least 4 members (excludes halogenated alkanes) is 7. The SMILES string of the molecule is CCCCCCCCCCN1C(N)NC(N)NC1N. The maximum atomic E-state index is 5.97. The van der Waals surface area contributed by atoms with E-state index in [-0.39, 0.29) is 18.9 Å². The van der Waals surface area contributed by atoms with E-state index in [1.807, 2.05) is 4.90 Å². The van der Waals surface area contributed by atoms with Crippen molar-refractivity contribution < 1.29 is 0 Å². The average Bonchev–Trinajstić information content (AvgIpc) is 2.35. The summed E-state index contributed by atoms with van der Waals surface area (Å²) in [7, 11) is 0. The first-order chi connectivity index (χ1) is 9.15. The highest BCUT2D eigenvalue weighted by Crippen LogP contribution is 2.10. The Morgan fingerprint density at radius 2 is 1.26 bits per heavy atom. The smallest absolute Gasteiger partial charge is 0.116 e. The van der Waals surface area contributed by atoms with Gasteiger partial charge in [0.15, 0.2) is 0 Å². The second-order valence-corrected chi connectivity index (χ2v) is 5.41. The minimum Gasteiger partial charge on any atom is -0.303 e. The van der Waals surface area contributed by atoms with Gasteiger partial charge in [0.25, 0.3) is 0 Å².